The number of nitrogens with one attached hydrogen (secondary N) is 2. The molecule has 8 heteroatoms. The number of hydrogen-bond donors (Lipinski definition) is 3. The van der Waals surface area contributed by atoms with E-state index in [1.54, 1.807) is 7.05 Å². The molecule has 2 heterocycles. The van der Waals surface area contributed by atoms with Crippen LogP contribution in [0.4, 0.5) is 10.8 Å². The van der Waals surface area contributed by atoms with E-state index in [4.69, 9.17) is 17.3 Å². The van der Waals surface area contributed by atoms with Crippen molar-refractivity contribution in [3.8, 4) is 0 Å². The van der Waals surface area contributed by atoms with Gasteiger partial charge in [0.1, 0.15) is 10.6 Å². The van der Waals surface area contributed by atoms with Crippen molar-refractivity contribution in [2.45, 2.75) is 6.54 Å². The lowest BCUT2D eigenvalue weighted by Gasteiger charge is -2.04. The van der Waals surface area contributed by atoms with Crippen LogP contribution in [0.15, 0.2) is 12.1 Å². The highest BCUT2D eigenvalue weighted by Gasteiger charge is 2.17. The molecular formula is C10H11ClN4OS2. The van der Waals surface area contributed by atoms with Crippen molar-refractivity contribution < 1.29 is 4.79 Å². The van der Waals surface area contributed by atoms with E-state index in [9.17, 15) is 4.79 Å². The fourth-order valence-corrected chi connectivity index (χ4v) is 3.12. The van der Waals surface area contributed by atoms with E-state index in [1.165, 1.54) is 22.9 Å². The second-order valence-electron chi connectivity index (χ2n) is 3.41. The lowest BCUT2D eigenvalue weighted by atomic mass is 10.3. The maximum absolute atomic E-state index is 11.6. The summed E-state index contributed by atoms with van der Waals surface area (Å²) in [6, 6.07) is 3.77. The highest BCUT2D eigenvalue weighted by molar-refractivity contribution is 7.16. The third kappa shape index (κ3) is 2.74. The number of amides is 1. The molecule has 96 valence electrons. The van der Waals surface area contributed by atoms with Crippen LogP contribution in [0.5, 0.6) is 0 Å². The molecule has 0 spiro atoms. The van der Waals surface area contributed by atoms with Crippen LogP contribution in [0.1, 0.15) is 15.2 Å². The Hall–Kier alpha value is -1.31. The number of carbonyl (C=O) groups excluding carboxylic acids is 1. The van der Waals surface area contributed by atoms with Gasteiger partial charge in [0, 0.05) is 11.9 Å². The van der Waals surface area contributed by atoms with Gasteiger partial charge in [-0.3, -0.25) is 4.79 Å². The SMILES string of the molecule is CNC(=O)c1c(N)nsc1NCc1ccc(Cl)s1. The molecule has 0 aliphatic rings. The third-order valence-electron chi connectivity index (χ3n) is 2.22. The van der Waals surface area contributed by atoms with Gasteiger partial charge in [-0.25, -0.2) is 0 Å². The Morgan fingerprint density at radius 2 is 2.33 bits per heavy atom. The number of thiophene rings is 1. The van der Waals surface area contributed by atoms with Gasteiger partial charge in [0.05, 0.1) is 10.9 Å². The molecule has 0 radical (unpaired) electrons. The van der Waals surface area contributed by atoms with E-state index in [1.807, 2.05) is 12.1 Å². The minimum Gasteiger partial charge on any atom is -0.382 e. The Bertz CT molecular complexity index is 566. The smallest absolute Gasteiger partial charge is 0.257 e. The van der Waals surface area contributed by atoms with Gasteiger partial charge in [-0.05, 0) is 23.7 Å². The second kappa shape index (κ2) is 5.55. The summed E-state index contributed by atoms with van der Waals surface area (Å²) in [5, 5.41) is 6.35. The highest BCUT2D eigenvalue weighted by Crippen LogP contribution is 2.28. The topological polar surface area (TPSA) is 80.0 Å². The Labute approximate surface area is 117 Å². The predicted molar refractivity (Wildman–Crippen MR) is 76.6 cm³/mol. The number of rotatable bonds is 4. The average Bonchev–Trinajstić information content (AvgIpc) is 2.92. The van der Waals surface area contributed by atoms with Gasteiger partial charge in [-0.1, -0.05) is 11.6 Å². The standard InChI is InChI=1S/C10H11ClN4OS2/c1-13-9(16)7-8(12)15-18-10(7)14-4-5-2-3-6(11)17-5/h2-3,14H,4H2,1H3,(H2,12,15)(H,13,16). The summed E-state index contributed by atoms with van der Waals surface area (Å²) in [5.74, 6) is -0.000904. The molecule has 0 bridgehead atoms. The van der Waals surface area contributed by atoms with E-state index in [-0.39, 0.29) is 11.7 Å². The zero-order valence-electron chi connectivity index (χ0n) is 9.49. The Balaban J connectivity index is 2.12. The number of halogens is 1. The maximum Gasteiger partial charge on any atom is 0.257 e. The lowest BCUT2D eigenvalue weighted by Crippen LogP contribution is -2.19. The van der Waals surface area contributed by atoms with Crippen molar-refractivity contribution in [3.05, 3.63) is 26.9 Å². The first kappa shape index (κ1) is 13.1. The summed E-state index contributed by atoms with van der Waals surface area (Å²) in [7, 11) is 1.56. The van der Waals surface area contributed by atoms with E-state index < -0.39 is 0 Å². The van der Waals surface area contributed by atoms with Crippen LogP contribution in [-0.4, -0.2) is 17.3 Å². The zero-order valence-corrected chi connectivity index (χ0v) is 11.9. The quantitative estimate of drug-likeness (QED) is 0.810. The summed E-state index contributed by atoms with van der Waals surface area (Å²) in [4.78, 5) is 12.7. The second-order valence-corrected chi connectivity index (χ2v) is 5.98. The van der Waals surface area contributed by atoms with Crippen molar-refractivity contribution in [2.75, 3.05) is 18.1 Å². The fraction of sp³-hybridized carbons (Fsp3) is 0.200. The average molecular weight is 303 g/mol. The molecule has 0 aromatic carbocycles. The number of carbonyl (C=O) groups is 1. The first-order valence-corrected chi connectivity index (χ1v) is 7.04. The molecule has 2 aromatic heterocycles. The molecule has 0 aliphatic carbocycles. The van der Waals surface area contributed by atoms with Gasteiger partial charge in [0.2, 0.25) is 0 Å². The third-order valence-corrected chi connectivity index (χ3v) is 4.27. The van der Waals surface area contributed by atoms with Crippen LogP contribution < -0.4 is 16.4 Å². The molecule has 0 unspecified atom stereocenters. The van der Waals surface area contributed by atoms with Gasteiger partial charge in [0.25, 0.3) is 5.91 Å². The Morgan fingerprint density at radius 1 is 1.56 bits per heavy atom. The minimum atomic E-state index is -0.243. The number of nitrogens with two attached hydrogens (primary N) is 1. The molecular weight excluding hydrogens is 292 g/mol. The molecule has 18 heavy (non-hydrogen) atoms. The van der Waals surface area contributed by atoms with Crippen LogP contribution in [0.25, 0.3) is 0 Å². The highest BCUT2D eigenvalue weighted by atomic mass is 35.5. The largest absolute Gasteiger partial charge is 0.382 e. The van der Waals surface area contributed by atoms with Crippen molar-refractivity contribution in [1.82, 2.24) is 9.69 Å². The van der Waals surface area contributed by atoms with E-state index in [0.29, 0.717) is 17.1 Å². The predicted octanol–water partition coefficient (Wildman–Crippen LogP) is 2.41. The normalized spacial score (nSPS) is 10.3. The summed E-state index contributed by atoms with van der Waals surface area (Å²) in [5.41, 5.74) is 6.06. The van der Waals surface area contributed by atoms with Crippen LogP contribution in [0.3, 0.4) is 0 Å². The van der Waals surface area contributed by atoms with Gasteiger partial charge in [-0.2, -0.15) is 4.37 Å². The molecule has 0 fully saturated rings. The summed E-state index contributed by atoms with van der Waals surface area (Å²) < 4.78 is 4.71. The van der Waals surface area contributed by atoms with Gasteiger partial charge < -0.3 is 16.4 Å². The van der Waals surface area contributed by atoms with Crippen molar-refractivity contribution in [1.29, 1.82) is 0 Å². The summed E-state index contributed by atoms with van der Waals surface area (Å²) >= 11 is 8.51. The van der Waals surface area contributed by atoms with E-state index >= 15 is 0 Å². The Kier molecular flexibility index (Phi) is 4.05. The molecule has 0 saturated heterocycles. The van der Waals surface area contributed by atoms with Crippen molar-refractivity contribution in [3.63, 3.8) is 0 Å². The number of aromatic nitrogens is 1. The summed E-state index contributed by atoms with van der Waals surface area (Å²) in [6.07, 6.45) is 0. The number of anilines is 2. The molecule has 2 aromatic rings. The Morgan fingerprint density at radius 3 is 2.94 bits per heavy atom. The van der Waals surface area contributed by atoms with Gasteiger partial charge in [-0.15, -0.1) is 11.3 Å². The minimum absolute atomic E-state index is 0.242. The first-order chi connectivity index (χ1) is 8.61. The van der Waals surface area contributed by atoms with Crippen LogP contribution in [0.2, 0.25) is 4.34 Å². The molecule has 4 N–H and O–H groups in total. The molecule has 0 atom stereocenters. The van der Waals surface area contributed by atoms with Crippen LogP contribution in [-0.2, 0) is 6.54 Å². The number of hydrogen-bond acceptors (Lipinski definition) is 6. The van der Waals surface area contributed by atoms with Crippen LogP contribution >= 0.6 is 34.5 Å². The molecule has 2 rings (SSSR count). The zero-order chi connectivity index (χ0) is 13.1. The fourth-order valence-electron chi connectivity index (χ4n) is 1.38. The number of nitrogens with zero attached hydrogens (tertiary/aromatic N) is 1. The molecule has 0 aliphatic heterocycles. The lowest BCUT2D eigenvalue weighted by molar-refractivity contribution is 0.0965. The summed E-state index contributed by atoms with van der Waals surface area (Å²) in [6.45, 7) is 0.586. The van der Waals surface area contributed by atoms with Crippen molar-refractivity contribution >= 4 is 51.2 Å². The first-order valence-electron chi connectivity index (χ1n) is 5.07. The van der Waals surface area contributed by atoms with Crippen LogP contribution in [0, 0.1) is 0 Å². The van der Waals surface area contributed by atoms with Crippen molar-refractivity contribution in [2.24, 2.45) is 0 Å². The van der Waals surface area contributed by atoms with Gasteiger partial charge in [0.15, 0.2) is 5.82 Å². The number of nitrogen functional groups attached to an aromatic ring is 1. The maximum atomic E-state index is 11.6. The van der Waals surface area contributed by atoms with E-state index in [0.717, 1.165) is 9.21 Å². The molecule has 0 saturated carbocycles. The van der Waals surface area contributed by atoms with Gasteiger partial charge >= 0.3 is 0 Å². The molecule has 5 nitrogen and oxygen atoms in total. The van der Waals surface area contributed by atoms with E-state index in [2.05, 4.69) is 15.0 Å². The monoisotopic (exact) mass is 302 g/mol. The molecule has 1 amide bonds.